The quantitative estimate of drug-likeness (QED) is 0.510. The lowest BCUT2D eigenvalue weighted by Crippen LogP contribution is -2.01. The van der Waals surface area contributed by atoms with Crippen LogP contribution in [0.1, 0.15) is 12.5 Å². The Morgan fingerprint density at radius 1 is 1.21 bits per heavy atom. The third kappa shape index (κ3) is 4.14. The summed E-state index contributed by atoms with van der Waals surface area (Å²) in [6, 6.07) is 10.4. The summed E-state index contributed by atoms with van der Waals surface area (Å²) in [5.74, 6) is 0.886. The molecule has 0 bridgehead atoms. The van der Waals surface area contributed by atoms with Gasteiger partial charge in [0, 0.05) is 17.5 Å². The predicted octanol–water partition coefficient (Wildman–Crippen LogP) is 4.09. The highest BCUT2D eigenvalue weighted by molar-refractivity contribution is 7.99. The van der Waals surface area contributed by atoms with Crippen LogP contribution in [0.5, 0.6) is 0 Å². The van der Waals surface area contributed by atoms with Crippen LogP contribution in [0.3, 0.4) is 0 Å². The fourth-order valence-corrected chi connectivity index (χ4v) is 2.99. The van der Waals surface area contributed by atoms with E-state index in [9.17, 15) is 0 Å². The first-order chi connectivity index (χ1) is 9.21. The molecule has 0 radical (unpaired) electrons. The van der Waals surface area contributed by atoms with Gasteiger partial charge in [0.2, 0.25) is 0 Å². The van der Waals surface area contributed by atoms with Crippen molar-refractivity contribution in [2.45, 2.75) is 28.9 Å². The van der Waals surface area contributed by atoms with Gasteiger partial charge in [-0.25, -0.2) is 9.97 Å². The highest BCUT2D eigenvalue weighted by Gasteiger charge is 2.05. The summed E-state index contributed by atoms with van der Waals surface area (Å²) >= 11 is 3.23. The van der Waals surface area contributed by atoms with Crippen LogP contribution in [0.15, 0.2) is 45.4 Å². The molecule has 0 aliphatic heterocycles. The lowest BCUT2D eigenvalue weighted by atomic mass is 10.2. The van der Waals surface area contributed by atoms with Gasteiger partial charge < -0.3 is 5.32 Å². The lowest BCUT2D eigenvalue weighted by Gasteiger charge is -2.07. The molecule has 0 atom stereocenters. The second-order valence-corrected chi connectivity index (χ2v) is 5.89. The molecule has 0 spiro atoms. The molecular weight excluding hydrogens is 274 g/mol. The van der Waals surface area contributed by atoms with Crippen LogP contribution in [0, 0.1) is 6.92 Å². The molecule has 0 fully saturated rings. The van der Waals surface area contributed by atoms with Crippen molar-refractivity contribution < 1.29 is 0 Å². The number of nitrogens with zero attached hydrogens (tertiary/aromatic N) is 2. The minimum absolute atomic E-state index is 0.800. The van der Waals surface area contributed by atoms with E-state index in [1.165, 1.54) is 10.5 Å². The molecule has 19 heavy (non-hydrogen) atoms. The number of rotatable bonds is 5. The molecule has 100 valence electrons. The van der Waals surface area contributed by atoms with Crippen molar-refractivity contribution in [3.05, 3.63) is 35.9 Å². The average molecular weight is 291 g/mol. The number of aromatic nitrogens is 2. The van der Waals surface area contributed by atoms with E-state index in [4.69, 9.17) is 0 Å². The maximum absolute atomic E-state index is 4.53. The summed E-state index contributed by atoms with van der Waals surface area (Å²) in [7, 11) is 0. The monoisotopic (exact) mass is 291 g/mol. The van der Waals surface area contributed by atoms with Crippen LogP contribution in [-0.2, 0) is 0 Å². The molecule has 1 N–H and O–H groups in total. The van der Waals surface area contributed by atoms with Gasteiger partial charge >= 0.3 is 0 Å². The summed E-state index contributed by atoms with van der Waals surface area (Å²) < 4.78 is 0. The van der Waals surface area contributed by atoms with Crippen molar-refractivity contribution in [3.8, 4) is 0 Å². The number of thioether (sulfide) groups is 1. The standard InChI is InChI=1S/C14H17N3S2/c1-4-15-12-9-13(17-14(16-12)18-3)19-11-7-5-6-10(2)8-11/h5-9H,4H2,1-3H3,(H,15,16,17). The topological polar surface area (TPSA) is 37.8 Å². The van der Waals surface area contributed by atoms with Crippen molar-refractivity contribution in [3.63, 3.8) is 0 Å². The summed E-state index contributed by atoms with van der Waals surface area (Å²) in [6.45, 7) is 5.02. The van der Waals surface area contributed by atoms with Gasteiger partial charge in [-0.1, -0.05) is 41.2 Å². The lowest BCUT2D eigenvalue weighted by molar-refractivity contribution is 0.891. The molecule has 1 heterocycles. The highest BCUT2D eigenvalue weighted by Crippen LogP contribution is 2.29. The van der Waals surface area contributed by atoms with Crippen molar-refractivity contribution in [2.24, 2.45) is 0 Å². The Balaban J connectivity index is 2.26. The maximum atomic E-state index is 4.53. The number of anilines is 1. The zero-order valence-corrected chi connectivity index (χ0v) is 12.9. The fraction of sp³-hybridized carbons (Fsp3) is 0.286. The Morgan fingerprint density at radius 3 is 2.74 bits per heavy atom. The first-order valence-electron chi connectivity index (χ1n) is 6.12. The number of aryl methyl sites for hydroxylation is 1. The van der Waals surface area contributed by atoms with Gasteiger partial charge in [0.25, 0.3) is 0 Å². The Morgan fingerprint density at radius 2 is 2.05 bits per heavy atom. The average Bonchev–Trinajstić information content (AvgIpc) is 2.39. The van der Waals surface area contributed by atoms with Gasteiger partial charge in [-0.05, 0) is 32.2 Å². The molecule has 1 aromatic heterocycles. The van der Waals surface area contributed by atoms with E-state index in [1.807, 2.05) is 12.3 Å². The van der Waals surface area contributed by atoms with E-state index in [1.54, 1.807) is 23.5 Å². The smallest absolute Gasteiger partial charge is 0.190 e. The van der Waals surface area contributed by atoms with Crippen LogP contribution in [0.25, 0.3) is 0 Å². The number of benzene rings is 1. The van der Waals surface area contributed by atoms with Crippen LogP contribution >= 0.6 is 23.5 Å². The second-order valence-electron chi connectivity index (χ2n) is 4.03. The van der Waals surface area contributed by atoms with E-state index in [0.29, 0.717) is 0 Å². The van der Waals surface area contributed by atoms with Gasteiger partial charge in [-0.3, -0.25) is 0 Å². The molecule has 0 aliphatic rings. The van der Waals surface area contributed by atoms with E-state index in [2.05, 4.69) is 53.4 Å². The Bertz CT molecular complexity index is 558. The van der Waals surface area contributed by atoms with Gasteiger partial charge in [0.05, 0.1) is 0 Å². The number of hydrogen-bond donors (Lipinski definition) is 1. The van der Waals surface area contributed by atoms with Crippen LogP contribution in [-0.4, -0.2) is 22.8 Å². The zero-order chi connectivity index (χ0) is 13.7. The number of nitrogens with one attached hydrogen (secondary N) is 1. The van der Waals surface area contributed by atoms with Crippen molar-refractivity contribution in [1.82, 2.24) is 9.97 Å². The largest absolute Gasteiger partial charge is 0.370 e. The number of hydrogen-bond acceptors (Lipinski definition) is 5. The summed E-state index contributed by atoms with van der Waals surface area (Å²) in [6.07, 6.45) is 1.99. The third-order valence-electron chi connectivity index (χ3n) is 2.43. The van der Waals surface area contributed by atoms with Gasteiger partial charge in [-0.15, -0.1) is 0 Å². The van der Waals surface area contributed by atoms with Crippen molar-refractivity contribution >= 4 is 29.3 Å². The van der Waals surface area contributed by atoms with Gasteiger partial charge in [0.15, 0.2) is 5.16 Å². The molecule has 0 saturated heterocycles. The van der Waals surface area contributed by atoms with Crippen molar-refractivity contribution in [2.75, 3.05) is 18.1 Å². The summed E-state index contributed by atoms with van der Waals surface area (Å²) in [5.41, 5.74) is 1.26. The Labute approximate surface area is 122 Å². The third-order valence-corrected chi connectivity index (χ3v) is 3.89. The van der Waals surface area contributed by atoms with Gasteiger partial charge in [-0.2, -0.15) is 0 Å². The van der Waals surface area contributed by atoms with E-state index in [0.717, 1.165) is 22.5 Å². The van der Waals surface area contributed by atoms with Gasteiger partial charge in [0.1, 0.15) is 10.8 Å². The Kier molecular flexibility index (Phi) is 5.10. The maximum Gasteiger partial charge on any atom is 0.190 e. The molecular formula is C14H17N3S2. The predicted molar refractivity (Wildman–Crippen MR) is 83.3 cm³/mol. The molecule has 2 rings (SSSR count). The zero-order valence-electron chi connectivity index (χ0n) is 11.3. The minimum Gasteiger partial charge on any atom is -0.370 e. The molecule has 2 aromatic rings. The second kappa shape index (κ2) is 6.82. The highest BCUT2D eigenvalue weighted by atomic mass is 32.2. The molecule has 1 aromatic carbocycles. The molecule has 3 nitrogen and oxygen atoms in total. The summed E-state index contributed by atoms with van der Waals surface area (Å²) in [5, 5.41) is 5.01. The molecule has 0 amide bonds. The molecule has 0 aliphatic carbocycles. The minimum atomic E-state index is 0.800. The van der Waals surface area contributed by atoms with E-state index in [-0.39, 0.29) is 0 Å². The fourth-order valence-electron chi connectivity index (χ4n) is 1.62. The van der Waals surface area contributed by atoms with Crippen LogP contribution < -0.4 is 5.32 Å². The first-order valence-corrected chi connectivity index (χ1v) is 8.17. The summed E-state index contributed by atoms with van der Waals surface area (Å²) in [4.78, 5) is 10.2. The molecule has 0 unspecified atom stereocenters. The van der Waals surface area contributed by atoms with Crippen LogP contribution in [0.4, 0.5) is 5.82 Å². The van der Waals surface area contributed by atoms with E-state index < -0.39 is 0 Å². The normalized spacial score (nSPS) is 10.5. The van der Waals surface area contributed by atoms with Crippen LogP contribution in [0.2, 0.25) is 0 Å². The SMILES string of the molecule is CCNc1cc(Sc2cccc(C)c2)nc(SC)n1. The Hall–Kier alpha value is -1.20. The van der Waals surface area contributed by atoms with E-state index >= 15 is 0 Å². The molecule has 5 heteroatoms. The molecule has 0 saturated carbocycles. The van der Waals surface area contributed by atoms with Crippen molar-refractivity contribution in [1.29, 1.82) is 0 Å². The first kappa shape index (κ1) is 14.2.